The first-order valence-electron chi connectivity index (χ1n) is 12.0. The minimum absolute atomic E-state index is 0.0713. The molecule has 1 atom stereocenters. The molecule has 0 aliphatic carbocycles. The van der Waals surface area contributed by atoms with E-state index in [4.69, 9.17) is 9.84 Å². The van der Waals surface area contributed by atoms with Gasteiger partial charge in [0.2, 0.25) is 0 Å². The Bertz CT molecular complexity index is 1080. The molecule has 6 heteroatoms. The average molecular weight is 475 g/mol. The Balaban J connectivity index is 1.62. The zero-order chi connectivity index (χ0) is 25.0. The third-order valence-corrected chi connectivity index (χ3v) is 5.63. The normalized spacial score (nSPS) is 11.6. The molecule has 0 aromatic heterocycles. The molecule has 3 N–H and O–H groups in total. The van der Waals surface area contributed by atoms with E-state index in [1.165, 1.54) is 22.3 Å². The number of carbonyl (C=O) groups excluding carboxylic acids is 1. The Kier molecular flexibility index (Phi) is 9.87. The number of carboxylic acids is 1. The highest BCUT2D eigenvalue weighted by Gasteiger charge is 2.12. The number of benzene rings is 3. The van der Waals surface area contributed by atoms with Gasteiger partial charge in [-0.1, -0.05) is 61.0 Å². The highest BCUT2D eigenvalue weighted by Crippen LogP contribution is 2.21. The lowest BCUT2D eigenvalue weighted by Crippen LogP contribution is -2.28. The molecule has 3 rings (SSSR count). The highest BCUT2D eigenvalue weighted by atomic mass is 16.5. The molecule has 0 saturated carbocycles. The fourth-order valence-electron chi connectivity index (χ4n) is 3.72. The third kappa shape index (κ3) is 8.58. The van der Waals surface area contributed by atoms with Crippen LogP contribution in [-0.4, -0.2) is 42.8 Å². The van der Waals surface area contributed by atoms with Gasteiger partial charge in [-0.2, -0.15) is 0 Å². The molecular weight excluding hydrogens is 440 g/mol. The summed E-state index contributed by atoms with van der Waals surface area (Å²) in [5.41, 5.74) is 6.25. The molecule has 184 valence electrons. The first-order valence-corrected chi connectivity index (χ1v) is 12.0. The molecule has 0 bridgehead atoms. The molecule has 0 saturated heterocycles. The van der Waals surface area contributed by atoms with Crippen LogP contribution in [0.1, 0.15) is 41.3 Å². The van der Waals surface area contributed by atoms with Crippen molar-refractivity contribution in [3.8, 4) is 11.1 Å². The van der Waals surface area contributed by atoms with Crippen molar-refractivity contribution in [1.82, 2.24) is 5.32 Å². The van der Waals surface area contributed by atoms with Crippen molar-refractivity contribution in [1.29, 1.82) is 0 Å². The lowest BCUT2D eigenvalue weighted by atomic mass is 10.00. The maximum atomic E-state index is 12.2. The van der Waals surface area contributed by atoms with E-state index in [2.05, 4.69) is 73.0 Å². The maximum Gasteiger partial charge on any atom is 0.305 e. The van der Waals surface area contributed by atoms with E-state index in [9.17, 15) is 9.59 Å². The summed E-state index contributed by atoms with van der Waals surface area (Å²) in [4.78, 5) is 22.8. The second kappa shape index (κ2) is 13.3. The standard InChI is InChI=1S/C29H34N2O4/c1-3-18-35-20-27(19-22-6-10-24(11-7-22)23-8-4-21(2)5-9-23)31-26-14-12-25(13-15-26)29(34)30-17-16-28(32)33/h4-15,27,31H,3,16-20H2,1-2H3,(H,30,34)(H,32,33)/t27-/m0/s1. The van der Waals surface area contributed by atoms with Gasteiger partial charge < -0.3 is 20.5 Å². The van der Waals surface area contributed by atoms with Crippen molar-refractivity contribution >= 4 is 17.6 Å². The van der Waals surface area contributed by atoms with E-state index in [1.807, 2.05) is 12.1 Å². The number of carboxylic acid groups (broad SMARTS) is 1. The molecule has 0 radical (unpaired) electrons. The van der Waals surface area contributed by atoms with Crippen molar-refractivity contribution in [3.05, 3.63) is 89.5 Å². The largest absolute Gasteiger partial charge is 0.481 e. The Hall–Kier alpha value is -3.64. The van der Waals surface area contributed by atoms with Crippen LogP contribution >= 0.6 is 0 Å². The van der Waals surface area contributed by atoms with Crippen LogP contribution in [0.3, 0.4) is 0 Å². The van der Waals surface area contributed by atoms with Crippen molar-refractivity contribution < 1.29 is 19.4 Å². The number of nitrogens with one attached hydrogen (secondary N) is 2. The number of hydrogen-bond acceptors (Lipinski definition) is 4. The summed E-state index contributed by atoms with van der Waals surface area (Å²) in [5, 5.41) is 14.9. The molecule has 0 aliphatic rings. The number of anilines is 1. The second-order valence-corrected chi connectivity index (χ2v) is 8.66. The topological polar surface area (TPSA) is 87.7 Å². The van der Waals surface area contributed by atoms with Crippen molar-refractivity contribution in [2.24, 2.45) is 0 Å². The maximum absolute atomic E-state index is 12.2. The first-order chi connectivity index (χ1) is 16.9. The van der Waals surface area contributed by atoms with Gasteiger partial charge in [0.05, 0.1) is 19.1 Å². The van der Waals surface area contributed by atoms with Gasteiger partial charge in [0.25, 0.3) is 5.91 Å². The molecule has 0 heterocycles. The number of amides is 1. The summed E-state index contributed by atoms with van der Waals surface area (Å²) in [6.45, 7) is 5.57. The molecule has 3 aromatic rings. The Labute approximate surface area is 207 Å². The van der Waals surface area contributed by atoms with Gasteiger partial charge >= 0.3 is 5.97 Å². The van der Waals surface area contributed by atoms with Crippen LogP contribution in [0.2, 0.25) is 0 Å². The summed E-state index contributed by atoms with van der Waals surface area (Å²) >= 11 is 0. The van der Waals surface area contributed by atoms with Crippen LogP contribution in [0.5, 0.6) is 0 Å². The van der Waals surface area contributed by atoms with Gasteiger partial charge in [-0.3, -0.25) is 9.59 Å². The van der Waals surface area contributed by atoms with Crippen molar-refractivity contribution in [2.45, 2.75) is 39.2 Å². The van der Waals surface area contributed by atoms with Crippen LogP contribution in [-0.2, 0) is 16.0 Å². The average Bonchev–Trinajstić information content (AvgIpc) is 2.85. The highest BCUT2D eigenvalue weighted by molar-refractivity contribution is 5.94. The fourth-order valence-corrected chi connectivity index (χ4v) is 3.72. The molecule has 0 unspecified atom stereocenters. The molecule has 3 aromatic carbocycles. The van der Waals surface area contributed by atoms with Gasteiger partial charge in [-0.25, -0.2) is 0 Å². The van der Waals surface area contributed by atoms with E-state index >= 15 is 0 Å². The zero-order valence-corrected chi connectivity index (χ0v) is 20.4. The van der Waals surface area contributed by atoms with Gasteiger partial charge in [-0.05, 0) is 60.7 Å². The summed E-state index contributed by atoms with van der Waals surface area (Å²) in [6.07, 6.45) is 1.66. The summed E-state index contributed by atoms with van der Waals surface area (Å²) in [5.74, 6) is -1.22. The molecule has 0 fully saturated rings. The number of rotatable bonds is 13. The third-order valence-electron chi connectivity index (χ3n) is 5.63. The van der Waals surface area contributed by atoms with Crippen LogP contribution in [0.25, 0.3) is 11.1 Å². The van der Waals surface area contributed by atoms with E-state index in [0.717, 1.165) is 18.5 Å². The molecule has 0 spiro atoms. The smallest absolute Gasteiger partial charge is 0.305 e. The molecule has 0 aliphatic heterocycles. The monoisotopic (exact) mass is 474 g/mol. The number of aliphatic carboxylic acids is 1. The van der Waals surface area contributed by atoms with Gasteiger partial charge in [0.1, 0.15) is 0 Å². The van der Waals surface area contributed by atoms with E-state index in [1.54, 1.807) is 12.1 Å². The SMILES string of the molecule is CCCOC[C@H](Cc1ccc(-c2ccc(C)cc2)cc1)Nc1ccc(C(=O)NCCC(=O)O)cc1. The minimum Gasteiger partial charge on any atom is -0.481 e. The lowest BCUT2D eigenvalue weighted by molar-refractivity contribution is -0.136. The molecule has 6 nitrogen and oxygen atoms in total. The van der Waals surface area contributed by atoms with Gasteiger partial charge in [-0.15, -0.1) is 0 Å². The minimum atomic E-state index is -0.939. The summed E-state index contributed by atoms with van der Waals surface area (Å²) in [6, 6.07) is 24.4. The van der Waals surface area contributed by atoms with Crippen LogP contribution in [0, 0.1) is 6.92 Å². The first kappa shape index (κ1) is 26.0. The number of ether oxygens (including phenoxy) is 1. The van der Waals surface area contributed by atoms with E-state index in [-0.39, 0.29) is 24.9 Å². The predicted octanol–water partition coefficient (Wildman–Crippen LogP) is 5.32. The molecule has 35 heavy (non-hydrogen) atoms. The van der Waals surface area contributed by atoms with E-state index < -0.39 is 5.97 Å². The summed E-state index contributed by atoms with van der Waals surface area (Å²) in [7, 11) is 0. The number of hydrogen-bond donors (Lipinski definition) is 3. The van der Waals surface area contributed by atoms with E-state index in [0.29, 0.717) is 18.8 Å². The van der Waals surface area contributed by atoms with Crippen molar-refractivity contribution in [3.63, 3.8) is 0 Å². The Morgan fingerprint density at radius 3 is 2.14 bits per heavy atom. The Morgan fingerprint density at radius 1 is 0.914 bits per heavy atom. The number of carbonyl (C=O) groups is 2. The predicted molar refractivity (Wildman–Crippen MR) is 140 cm³/mol. The van der Waals surface area contributed by atoms with Gasteiger partial charge in [0, 0.05) is 24.4 Å². The molecule has 1 amide bonds. The van der Waals surface area contributed by atoms with Gasteiger partial charge in [0.15, 0.2) is 0 Å². The quantitative estimate of drug-likeness (QED) is 0.292. The van der Waals surface area contributed by atoms with Crippen LogP contribution in [0.15, 0.2) is 72.8 Å². The Morgan fingerprint density at radius 2 is 1.54 bits per heavy atom. The van der Waals surface area contributed by atoms with Crippen LogP contribution in [0.4, 0.5) is 5.69 Å². The fraction of sp³-hybridized carbons (Fsp3) is 0.310. The van der Waals surface area contributed by atoms with Crippen LogP contribution < -0.4 is 10.6 Å². The number of aryl methyl sites for hydroxylation is 1. The zero-order valence-electron chi connectivity index (χ0n) is 20.4. The lowest BCUT2D eigenvalue weighted by Gasteiger charge is -2.21. The second-order valence-electron chi connectivity index (χ2n) is 8.66. The van der Waals surface area contributed by atoms with Crippen molar-refractivity contribution in [2.75, 3.05) is 25.1 Å². The molecular formula is C29H34N2O4. The summed E-state index contributed by atoms with van der Waals surface area (Å²) < 4.78 is 5.84.